The zero-order valence-electron chi connectivity index (χ0n) is 13.3. The highest BCUT2D eigenvalue weighted by molar-refractivity contribution is 5.34. The van der Waals surface area contributed by atoms with Crippen LogP contribution in [0.25, 0.3) is 0 Å². The molecular weight excluding hydrogens is 234 g/mol. The molecule has 0 atom stereocenters. The summed E-state index contributed by atoms with van der Waals surface area (Å²) in [5.74, 6) is 0. The van der Waals surface area contributed by atoms with Gasteiger partial charge in [-0.15, -0.1) is 0 Å². The lowest BCUT2D eigenvalue weighted by Crippen LogP contribution is -2.43. The summed E-state index contributed by atoms with van der Waals surface area (Å²) in [5.41, 5.74) is 4.12. The van der Waals surface area contributed by atoms with Crippen molar-refractivity contribution in [3.63, 3.8) is 0 Å². The highest BCUT2D eigenvalue weighted by Gasteiger charge is 2.16. The minimum atomic E-state index is -0.199. The first kappa shape index (κ1) is 16.2. The van der Waals surface area contributed by atoms with E-state index >= 15 is 0 Å². The summed E-state index contributed by atoms with van der Waals surface area (Å²) in [7, 11) is 0. The maximum Gasteiger partial charge on any atom is 0.0607 e. The van der Waals surface area contributed by atoms with Crippen LogP contribution >= 0.6 is 0 Å². The Morgan fingerprint density at radius 2 is 1.74 bits per heavy atom. The van der Waals surface area contributed by atoms with Crippen LogP contribution in [0.5, 0.6) is 0 Å². The maximum absolute atomic E-state index is 9.23. The summed E-state index contributed by atoms with van der Waals surface area (Å²) in [6, 6.07) is 6.76. The molecule has 2 N–H and O–H groups in total. The molecule has 0 radical (unpaired) electrons. The number of benzene rings is 1. The van der Waals surface area contributed by atoms with Gasteiger partial charge in [0.25, 0.3) is 0 Å². The molecule has 0 amide bonds. The van der Waals surface area contributed by atoms with E-state index in [-0.39, 0.29) is 17.6 Å². The zero-order chi connectivity index (χ0) is 14.7. The van der Waals surface area contributed by atoms with E-state index in [0.717, 1.165) is 13.0 Å². The first-order chi connectivity index (χ1) is 8.65. The van der Waals surface area contributed by atoms with Gasteiger partial charge in [0.2, 0.25) is 0 Å². The van der Waals surface area contributed by atoms with Crippen molar-refractivity contribution in [3.8, 4) is 0 Å². The second-order valence-electron chi connectivity index (χ2n) is 7.11. The number of aryl methyl sites for hydroxylation is 1. The minimum Gasteiger partial charge on any atom is -0.394 e. The van der Waals surface area contributed by atoms with Crippen LogP contribution in [0.1, 0.15) is 51.3 Å². The average Bonchev–Trinajstić information content (AvgIpc) is 2.30. The molecule has 2 nitrogen and oxygen atoms in total. The third-order valence-corrected chi connectivity index (χ3v) is 3.61. The number of rotatable bonds is 5. The van der Waals surface area contributed by atoms with Gasteiger partial charge in [-0.3, -0.25) is 0 Å². The third kappa shape index (κ3) is 4.96. The van der Waals surface area contributed by atoms with Crippen molar-refractivity contribution in [3.05, 3.63) is 34.9 Å². The average molecular weight is 263 g/mol. The molecule has 1 rings (SSSR count). The first-order valence-corrected chi connectivity index (χ1v) is 7.11. The van der Waals surface area contributed by atoms with E-state index in [1.165, 1.54) is 16.7 Å². The fraction of sp³-hybridized carbons (Fsp3) is 0.647. The Morgan fingerprint density at radius 3 is 2.26 bits per heavy atom. The molecule has 0 aliphatic heterocycles. The Hall–Kier alpha value is -0.860. The number of aliphatic hydroxyl groups excluding tert-OH is 1. The van der Waals surface area contributed by atoms with Crippen LogP contribution in [0, 0.1) is 6.92 Å². The van der Waals surface area contributed by atoms with E-state index in [4.69, 9.17) is 0 Å². The van der Waals surface area contributed by atoms with Crippen LogP contribution in [-0.2, 0) is 11.8 Å². The molecule has 0 aliphatic rings. The van der Waals surface area contributed by atoms with Gasteiger partial charge in [0.1, 0.15) is 0 Å². The molecule has 0 bridgehead atoms. The van der Waals surface area contributed by atoms with Crippen LogP contribution in [0.2, 0.25) is 0 Å². The molecule has 2 heteroatoms. The Morgan fingerprint density at radius 1 is 1.11 bits per heavy atom. The second kappa shape index (κ2) is 6.06. The summed E-state index contributed by atoms with van der Waals surface area (Å²) in [6.45, 7) is 14.0. The lowest BCUT2D eigenvalue weighted by Gasteiger charge is -2.24. The van der Waals surface area contributed by atoms with E-state index in [9.17, 15) is 5.11 Å². The van der Waals surface area contributed by atoms with Crippen LogP contribution in [0.15, 0.2) is 18.2 Å². The summed E-state index contributed by atoms with van der Waals surface area (Å²) in [6.07, 6.45) is 0.999. The fourth-order valence-corrected chi connectivity index (χ4v) is 2.00. The highest BCUT2D eigenvalue weighted by atomic mass is 16.3. The summed E-state index contributed by atoms with van der Waals surface area (Å²) >= 11 is 0. The predicted molar refractivity (Wildman–Crippen MR) is 82.8 cm³/mol. The van der Waals surface area contributed by atoms with Crippen molar-refractivity contribution < 1.29 is 5.11 Å². The fourth-order valence-electron chi connectivity index (χ4n) is 2.00. The maximum atomic E-state index is 9.23. The molecule has 0 spiro atoms. The normalized spacial score (nSPS) is 12.8. The van der Waals surface area contributed by atoms with Crippen molar-refractivity contribution in [2.75, 3.05) is 13.2 Å². The van der Waals surface area contributed by atoms with Crippen LogP contribution < -0.4 is 5.32 Å². The van der Waals surface area contributed by atoms with E-state index < -0.39 is 0 Å². The smallest absolute Gasteiger partial charge is 0.0607 e. The van der Waals surface area contributed by atoms with Crippen molar-refractivity contribution in [1.29, 1.82) is 0 Å². The summed E-state index contributed by atoms with van der Waals surface area (Å²) < 4.78 is 0. The zero-order valence-corrected chi connectivity index (χ0v) is 13.3. The molecule has 0 saturated heterocycles. The standard InChI is InChI=1S/C17H29NO/c1-13-7-8-15(16(2,3)4)11-14(13)9-10-18-17(5,6)12-19/h7-8,11,18-19H,9-10,12H2,1-6H3. The molecule has 0 saturated carbocycles. The number of aliphatic hydroxyl groups is 1. The minimum absolute atomic E-state index is 0.161. The molecule has 0 fully saturated rings. The lowest BCUT2D eigenvalue weighted by atomic mass is 9.85. The Bertz CT molecular complexity index is 416. The van der Waals surface area contributed by atoms with Crippen LogP contribution in [-0.4, -0.2) is 23.8 Å². The summed E-state index contributed by atoms with van der Waals surface area (Å²) in [5, 5.41) is 12.6. The van der Waals surface area contributed by atoms with Crippen molar-refractivity contribution >= 4 is 0 Å². The van der Waals surface area contributed by atoms with Crippen molar-refractivity contribution in [2.45, 2.75) is 58.9 Å². The third-order valence-electron chi connectivity index (χ3n) is 3.61. The number of nitrogens with one attached hydrogen (secondary N) is 1. The van der Waals surface area contributed by atoms with Gasteiger partial charge in [0.15, 0.2) is 0 Å². The van der Waals surface area contributed by atoms with Gasteiger partial charge in [-0.05, 0) is 55.8 Å². The molecule has 0 aliphatic carbocycles. The van der Waals surface area contributed by atoms with Gasteiger partial charge in [-0.25, -0.2) is 0 Å². The predicted octanol–water partition coefficient (Wildman–Crippen LogP) is 3.20. The molecule has 1 aromatic carbocycles. The lowest BCUT2D eigenvalue weighted by molar-refractivity contribution is 0.189. The molecule has 0 aromatic heterocycles. The largest absolute Gasteiger partial charge is 0.394 e. The van der Waals surface area contributed by atoms with Gasteiger partial charge in [-0.1, -0.05) is 39.0 Å². The Kier molecular flexibility index (Phi) is 5.17. The Balaban J connectivity index is 2.73. The molecule has 108 valence electrons. The summed E-state index contributed by atoms with van der Waals surface area (Å²) in [4.78, 5) is 0. The molecule has 1 aromatic rings. The van der Waals surface area contributed by atoms with Gasteiger partial charge >= 0.3 is 0 Å². The monoisotopic (exact) mass is 263 g/mol. The molecule has 0 unspecified atom stereocenters. The van der Waals surface area contributed by atoms with Crippen molar-refractivity contribution in [2.24, 2.45) is 0 Å². The van der Waals surface area contributed by atoms with E-state index in [1.807, 2.05) is 13.8 Å². The van der Waals surface area contributed by atoms with Gasteiger partial charge < -0.3 is 10.4 Å². The Labute approximate surface area is 118 Å². The SMILES string of the molecule is Cc1ccc(C(C)(C)C)cc1CCNC(C)(C)CO. The number of hydrogen-bond donors (Lipinski definition) is 2. The van der Waals surface area contributed by atoms with Gasteiger partial charge in [0, 0.05) is 5.54 Å². The topological polar surface area (TPSA) is 32.3 Å². The molecular formula is C17H29NO. The van der Waals surface area contributed by atoms with Crippen molar-refractivity contribution in [1.82, 2.24) is 5.32 Å². The molecule has 19 heavy (non-hydrogen) atoms. The molecule has 0 heterocycles. The quantitative estimate of drug-likeness (QED) is 0.855. The highest BCUT2D eigenvalue weighted by Crippen LogP contribution is 2.24. The first-order valence-electron chi connectivity index (χ1n) is 7.11. The van der Waals surface area contributed by atoms with Crippen LogP contribution in [0.3, 0.4) is 0 Å². The van der Waals surface area contributed by atoms with E-state index in [1.54, 1.807) is 0 Å². The van der Waals surface area contributed by atoms with Gasteiger partial charge in [-0.2, -0.15) is 0 Å². The van der Waals surface area contributed by atoms with Gasteiger partial charge in [0.05, 0.1) is 6.61 Å². The second-order valence-corrected chi connectivity index (χ2v) is 7.11. The number of hydrogen-bond acceptors (Lipinski definition) is 2. The van der Waals surface area contributed by atoms with E-state index in [2.05, 4.69) is 51.2 Å². The van der Waals surface area contributed by atoms with Crippen LogP contribution in [0.4, 0.5) is 0 Å². The van der Waals surface area contributed by atoms with E-state index in [0.29, 0.717) is 0 Å².